The molecule has 0 aliphatic rings. The molecular weight excluding hydrogens is 230 g/mol. The third-order valence-corrected chi connectivity index (χ3v) is 2.01. The topological polar surface area (TPSA) is 72.5 Å². The molecule has 3 N–H and O–H groups in total. The minimum atomic E-state index is -0.345. The van der Waals surface area contributed by atoms with Gasteiger partial charge in [-0.05, 0) is 24.1 Å². The lowest BCUT2D eigenvalue weighted by molar-refractivity contribution is -0.131. The molecule has 1 rings (SSSR count). The summed E-state index contributed by atoms with van der Waals surface area (Å²) in [5, 5.41) is 8.72. The van der Waals surface area contributed by atoms with Crippen LogP contribution in [0.2, 0.25) is 0 Å². The number of carbonyl (C=O) groups excluding carboxylic acids is 1. The van der Waals surface area contributed by atoms with Gasteiger partial charge in [-0.1, -0.05) is 12.1 Å². The quantitative estimate of drug-likeness (QED) is 0.622. The van der Waals surface area contributed by atoms with Gasteiger partial charge in [-0.15, -0.1) is 12.4 Å². The number of aliphatic hydroxyl groups is 1. The first-order valence-electron chi connectivity index (χ1n) is 4.78. The molecule has 0 amide bonds. The molecular formula is C11H16ClNO3. The molecule has 0 heterocycles. The normalized spacial score (nSPS) is 11.4. The van der Waals surface area contributed by atoms with E-state index in [1.54, 1.807) is 24.3 Å². The van der Waals surface area contributed by atoms with E-state index in [9.17, 15) is 4.79 Å². The summed E-state index contributed by atoms with van der Waals surface area (Å²) in [5.41, 5.74) is 6.71. The number of nitrogens with two attached hydrogens (primary N) is 1. The van der Waals surface area contributed by atoms with Crippen LogP contribution in [-0.4, -0.2) is 17.7 Å². The van der Waals surface area contributed by atoms with Crippen molar-refractivity contribution in [1.82, 2.24) is 0 Å². The maximum Gasteiger partial charge on any atom is 0.308 e. The predicted molar refractivity (Wildman–Crippen MR) is 63.6 cm³/mol. The van der Waals surface area contributed by atoms with E-state index >= 15 is 0 Å². The number of hydrogen-bond acceptors (Lipinski definition) is 4. The molecule has 0 unspecified atom stereocenters. The van der Waals surface area contributed by atoms with Crippen LogP contribution < -0.4 is 10.5 Å². The van der Waals surface area contributed by atoms with Crippen molar-refractivity contribution in [3.63, 3.8) is 0 Å². The number of ether oxygens (including phenoxy) is 1. The lowest BCUT2D eigenvalue weighted by Gasteiger charge is -2.10. The van der Waals surface area contributed by atoms with E-state index in [1.807, 2.05) is 0 Å². The standard InChI is InChI=1S/C11H15NO3.ClH/c1-8(14)15-10-4-2-9(3-5-10)11(12)6-7-13;/h2-5,11,13H,6-7,12H2,1H3;1H/t11-;/m0./s1. The number of halogens is 1. The monoisotopic (exact) mass is 245 g/mol. The number of hydrogen-bond donors (Lipinski definition) is 2. The van der Waals surface area contributed by atoms with Crippen LogP contribution in [0.15, 0.2) is 24.3 Å². The maximum atomic E-state index is 10.7. The molecule has 0 bridgehead atoms. The van der Waals surface area contributed by atoms with Crippen molar-refractivity contribution < 1.29 is 14.6 Å². The third kappa shape index (κ3) is 4.61. The highest BCUT2D eigenvalue weighted by molar-refractivity contribution is 5.85. The second-order valence-electron chi connectivity index (χ2n) is 3.28. The van der Waals surface area contributed by atoms with Gasteiger partial charge < -0.3 is 15.6 Å². The lowest BCUT2D eigenvalue weighted by atomic mass is 10.1. The van der Waals surface area contributed by atoms with E-state index in [1.165, 1.54) is 6.92 Å². The highest BCUT2D eigenvalue weighted by atomic mass is 35.5. The van der Waals surface area contributed by atoms with Gasteiger partial charge in [0.15, 0.2) is 0 Å². The van der Waals surface area contributed by atoms with Gasteiger partial charge in [-0.25, -0.2) is 0 Å². The largest absolute Gasteiger partial charge is 0.427 e. The zero-order valence-electron chi connectivity index (χ0n) is 9.05. The van der Waals surface area contributed by atoms with Crippen LogP contribution in [0.5, 0.6) is 5.75 Å². The van der Waals surface area contributed by atoms with Gasteiger partial charge in [0.2, 0.25) is 0 Å². The van der Waals surface area contributed by atoms with Crippen LogP contribution in [0.25, 0.3) is 0 Å². The molecule has 0 aromatic heterocycles. The van der Waals surface area contributed by atoms with Crippen LogP contribution >= 0.6 is 12.4 Å². The first-order valence-corrected chi connectivity index (χ1v) is 4.78. The minimum Gasteiger partial charge on any atom is -0.427 e. The average Bonchev–Trinajstić information content (AvgIpc) is 2.18. The molecule has 4 nitrogen and oxygen atoms in total. The van der Waals surface area contributed by atoms with Gasteiger partial charge in [0, 0.05) is 19.6 Å². The van der Waals surface area contributed by atoms with Crippen LogP contribution in [-0.2, 0) is 4.79 Å². The van der Waals surface area contributed by atoms with Crippen molar-refractivity contribution in [1.29, 1.82) is 0 Å². The van der Waals surface area contributed by atoms with Crippen LogP contribution in [0.4, 0.5) is 0 Å². The minimum absolute atomic E-state index is 0. The molecule has 16 heavy (non-hydrogen) atoms. The predicted octanol–water partition coefficient (Wildman–Crippen LogP) is 1.42. The van der Waals surface area contributed by atoms with Crippen LogP contribution in [0.3, 0.4) is 0 Å². The van der Waals surface area contributed by atoms with Crippen molar-refractivity contribution >= 4 is 18.4 Å². The number of aliphatic hydroxyl groups excluding tert-OH is 1. The Morgan fingerprint density at radius 3 is 2.44 bits per heavy atom. The molecule has 1 aromatic carbocycles. The fourth-order valence-corrected chi connectivity index (χ4v) is 1.25. The SMILES string of the molecule is CC(=O)Oc1ccc([C@@H](N)CCO)cc1.Cl. The summed E-state index contributed by atoms with van der Waals surface area (Å²) in [4.78, 5) is 10.7. The highest BCUT2D eigenvalue weighted by Gasteiger charge is 2.05. The van der Waals surface area contributed by atoms with E-state index in [2.05, 4.69) is 0 Å². The first kappa shape index (κ1) is 14.9. The summed E-state index contributed by atoms with van der Waals surface area (Å²) in [6.07, 6.45) is 0.521. The Labute approximate surface area is 101 Å². The van der Waals surface area contributed by atoms with Gasteiger partial charge in [-0.2, -0.15) is 0 Å². The molecule has 0 aliphatic carbocycles. The van der Waals surface area contributed by atoms with Gasteiger partial charge in [0.25, 0.3) is 0 Å². The molecule has 0 spiro atoms. The molecule has 90 valence electrons. The third-order valence-electron chi connectivity index (χ3n) is 2.01. The lowest BCUT2D eigenvalue weighted by Crippen LogP contribution is -2.11. The van der Waals surface area contributed by atoms with E-state index in [0.29, 0.717) is 12.2 Å². The van der Waals surface area contributed by atoms with Crippen molar-refractivity contribution in [2.75, 3.05) is 6.61 Å². The van der Waals surface area contributed by atoms with Gasteiger partial charge in [-0.3, -0.25) is 4.79 Å². The van der Waals surface area contributed by atoms with E-state index in [-0.39, 0.29) is 31.0 Å². The van der Waals surface area contributed by atoms with Crippen LogP contribution in [0, 0.1) is 0 Å². The van der Waals surface area contributed by atoms with E-state index in [4.69, 9.17) is 15.6 Å². The van der Waals surface area contributed by atoms with E-state index < -0.39 is 0 Å². The second kappa shape index (κ2) is 7.22. The van der Waals surface area contributed by atoms with Gasteiger partial charge in [0.1, 0.15) is 5.75 Å². The Kier molecular flexibility index (Phi) is 6.72. The Hall–Kier alpha value is -1.10. The number of rotatable bonds is 4. The van der Waals surface area contributed by atoms with Crippen LogP contribution in [0.1, 0.15) is 24.9 Å². The van der Waals surface area contributed by atoms with Gasteiger partial charge in [0.05, 0.1) is 0 Å². The zero-order valence-corrected chi connectivity index (χ0v) is 9.87. The highest BCUT2D eigenvalue weighted by Crippen LogP contribution is 2.18. The second-order valence-corrected chi connectivity index (χ2v) is 3.28. The summed E-state index contributed by atoms with van der Waals surface area (Å²) < 4.78 is 4.88. The Balaban J connectivity index is 0.00000225. The molecule has 0 saturated heterocycles. The molecule has 1 atom stereocenters. The van der Waals surface area contributed by atoms with Crippen molar-refractivity contribution in [2.45, 2.75) is 19.4 Å². The number of benzene rings is 1. The smallest absolute Gasteiger partial charge is 0.308 e. The molecule has 0 aliphatic heterocycles. The van der Waals surface area contributed by atoms with Crippen molar-refractivity contribution in [3.8, 4) is 5.75 Å². The summed E-state index contributed by atoms with van der Waals surface area (Å²) in [6.45, 7) is 1.41. The van der Waals surface area contributed by atoms with Crippen molar-refractivity contribution in [2.24, 2.45) is 5.73 Å². The Bertz CT molecular complexity index is 327. The van der Waals surface area contributed by atoms with Crippen molar-refractivity contribution in [3.05, 3.63) is 29.8 Å². The maximum absolute atomic E-state index is 10.7. The zero-order chi connectivity index (χ0) is 11.3. The Morgan fingerprint density at radius 2 is 2.00 bits per heavy atom. The molecule has 1 aromatic rings. The fraction of sp³-hybridized carbons (Fsp3) is 0.364. The summed E-state index contributed by atoms with van der Waals surface area (Å²) in [6, 6.07) is 6.78. The first-order chi connectivity index (χ1) is 7.13. The molecule has 5 heteroatoms. The molecule has 0 radical (unpaired) electrons. The molecule has 0 saturated carbocycles. The number of esters is 1. The van der Waals surface area contributed by atoms with Gasteiger partial charge >= 0.3 is 5.97 Å². The fourth-order valence-electron chi connectivity index (χ4n) is 1.25. The summed E-state index contributed by atoms with van der Waals surface area (Å²) >= 11 is 0. The Morgan fingerprint density at radius 1 is 1.44 bits per heavy atom. The average molecular weight is 246 g/mol. The summed E-state index contributed by atoms with van der Waals surface area (Å²) in [5.74, 6) is 0.157. The van der Waals surface area contributed by atoms with E-state index in [0.717, 1.165) is 5.56 Å². The summed E-state index contributed by atoms with van der Waals surface area (Å²) in [7, 11) is 0. The number of carbonyl (C=O) groups is 1. The molecule has 0 fully saturated rings.